The van der Waals surface area contributed by atoms with Gasteiger partial charge >= 0.3 is 5.97 Å². The highest BCUT2D eigenvalue weighted by atomic mass is 32.2. The maximum atomic E-state index is 13.4. The van der Waals surface area contributed by atoms with Crippen LogP contribution in [-0.2, 0) is 9.53 Å². The topological polar surface area (TPSA) is 46.6 Å². The summed E-state index contributed by atoms with van der Waals surface area (Å²) in [6, 6.07) is 13.2. The van der Waals surface area contributed by atoms with Crippen molar-refractivity contribution >= 4 is 34.4 Å². The molecule has 5 heteroatoms. The SMILES string of the molecule is CCCCOC(=O)[C@H]1CS[C@@H](C(C)C)N1C(=O)c1ccc2ccccc2c1. The van der Waals surface area contributed by atoms with E-state index in [-0.39, 0.29) is 23.2 Å². The zero-order chi connectivity index (χ0) is 19.4. The van der Waals surface area contributed by atoms with Gasteiger partial charge in [0.25, 0.3) is 5.91 Å². The lowest BCUT2D eigenvalue weighted by Gasteiger charge is -2.30. The van der Waals surface area contributed by atoms with Gasteiger partial charge in [-0.1, -0.05) is 57.5 Å². The second kappa shape index (κ2) is 8.79. The molecule has 0 N–H and O–H groups in total. The summed E-state index contributed by atoms with van der Waals surface area (Å²) >= 11 is 1.67. The molecule has 1 saturated heterocycles. The number of nitrogens with zero attached hydrogens (tertiary/aromatic N) is 1. The average Bonchev–Trinajstić information content (AvgIpc) is 3.12. The Labute approximate surface area is 165 Å². The van der Waals surface area contributed by atoms with Gasteiger partial charge in [0.15, 0.2) is 0 Å². The number of amides is 1. The van der Waals surface area contributed by atoms with Gasteiger partial charge in [0.1, 0.15) is 6.04 Å². The minimum Gasteiger partial charge on any atom is -0.464 e. The summed E-state index contributed by atoms with van der Waals surface area (Å²) in [6.07, 6.45) is 1.82. The molecule has 2 atom stereocenters. The van der Waals surface area contributed by atoms with Crippen LogP contribution in [-0.4, -0.2) is 40.6 Å². The van der Waals surface area contributed by atoms with Crippen molar-refractivity contribution in [1.82, 2.24) is 4.90 Å². The number of thioether (sulfide) groups is 1. The standard InChI is InChI=1S/C22H27NO3S/c1-4-5-12-26-22(25)19-14-27-21(15(2)3)23(19)20(24)18-11-10-16-8-6-7-9-17(16)13-18/h6-11,13,15,19,21H,4-5,12,14H2,1-3H3/t19-,21+/m1/s1. The Morgan fingerprint density at radius 2 is 1.93 bits per heavy atom. The summed E-state index contributed by atoms with van der Waals surface area (Å²) in [4.78, 5) is 27.7. The Hall–Kier alpha value is -2.01. The number of hydrogen-bond acceptors (Lipinski definition) is 4. The molecule has 27 heavy (non-hydrogen) atoms. The summed E-state index contributed by atoms with van der Waals surface area (Å²) in [7, 11) is 0. The highest BCUT2D eigenvalue weighted by molar-refractivity contribution is 8.00. The first-order valence-corrected chi connectivity index (χ1v) is 10.7. The zero-order valence-corrected chi connectivity index (χ0v) is 17.0. The van der Waals surface area contributed by atoms with Crippen LogP contribution < -0.4 is 0 Å². The highest BCUT2D eigenvalue weighted by Crippen LogP contribution is 2.36. The fraction of sp³-hybridized carbons (Fsp3) is 0.455. The molecule has 0 bridgehead atoms. The molecule has 2 aromatic carbocycles. The van der Waals surface area contributed by atoms with Gasteiger partial charge in [-0.15, -0.1) is 11.8 Å². The maximum Gasteiger partial charge on any atom is 0.329 e. The normalized spacial score (nSPS) is 19.6. The van der Waals surface area contributed by atoms with E-state index >= 15 is 0 Å². The van der Waals surface area contributed by atoms with Gasteiger partial charge in [0.2, 0.25) is 0 Å². The molecule has 0 aliphatic carbocycles. The molecule has 0 unspecified atom stereocenters. The van der Waals surface area contributed by atoms with Crippen molar-refractivity contribution in [3.8, 4) is 0 Å². The van der Waals surface area contributed by atoms with Crippen molar-refractivity contribution in [3.63, 3.8) is 0 Å². The van der Waals surface area contributed by atoms with Gasteiger partial charge in [-0.25, -0.2) is 4.79 Å². The maximum absolute atomic E-state index is 13.4. The van der Waals surface area contributed by atoms with Gasteiger partial charge in [-0.3, -0.25) is 4.79 Å². The highest BCUT2D eigenvalue weighted by Gasteiger charge is 2.43. The van der Waals surface area contributed by atoms with Gasteiger partial charge in [-0.2, -0.15) is 0 Å². The van der Waals surface area contributed by atoms with Crippen LogP contribution >= 0.6 is 11.8 Å². The molecule has 2 aromatic rings. The van der Waals surface area contributed by atoms with E-state index in [1.807, 2.05) is 42.5 Å². The van der Waals surface area contributed by atoms with E-state index in [9.17, 15) is 9.59 Å². The van der Waals surface area contributed by atoms with Crippen molar-refractivity contribution in [2.45, 2.75) is 45.0 Å². The Kier molecular flexibility index (Phi) is 6.42. The van der Waals surface area contributed by atoms with E-state index in [0.29, 0.717) is 17.9 Å². The van der Waals surface area contributed by atoms with Crippen LogP contribution in [0.4, 0.5) is 0 Å². The second-order valence-corrected chi connectivity index (χ2v) is 8.43. The van der Waals surface area contributed by atoms with Crippen molar-refractivity contribution in [2.75, 3.05) is 12.4 Å². The van der Waals surface area contributed by atoms with Crippen LogP contribution in [0.1, 0.15) is 44.0 Å². The molecule has 1 aliphatic heterocycles. The summed E-state index contributed by atoms with van der Waals surface area (Å²) < 4.78 is 5.43. The smallest absolute Gasteiger partial charge is 0.329 e. The van der Waals surface area contributed by atoms with Crippen molar-refractivity contribution < 1.29 is 14.3 Å². The third kappa shape index (κ3) is 4.29. The van der Waals surface area contributed by atoms with E-state index in [4.69, 9.17) is 4.74 Å². The predicted octanol–water partition coefficient (Wildman–Crippen LogP) is 4.72. The van der Waals surface area contributed by atoms with E-state index in [2.05, 4.69) is 20.8 Å². The number of hydrogen-bond donors (Lipinski definition) is 0. The van der Waals surface area contributed by atoms with Crippen LogP contribution in [0.3, 0.4) is 0 Å². The molecule has 0 saturated carbocycles. The van der Waals surface area contributed by atoms with Gasteiger partial charge in [-0.05, 0) is 35.2 Å². The van der Waals surface area contributed by atoms with E-state index < -0.39 is 6.04 Å². The minimum absolute atomic E-state index is 0.0207. The number of rotatable bonds is 6. The Morgan fingerprint density at radius 3 is 2.63 bits per heavy atom. The van der Waals surface area contributed by atoms with Crippen molar-refractivity contribution in [2.24, 2.45) is 5.92 Å². The average molecular weight is 386 g/mol. The number of carbonyl (C=O) groups excluding carboxylic acids is 2. The molecule has 1 amide bonds. The predicted molar refractivity (Wildman–Crippen MR) is 111 cm³/mol. The van der Waals surface area contributed by atoms with Gasteiger partial charge in [0.05, 0.1) is 12.0 Å². The minimum atomic E-state index is -0.516. The summed E-state index contributed by atoms with van der Waals surface area (Å²) in [5.41, 5.74) is 0.619. The van der Waals surface area contributed by atoms with E-state index in [0.717, 1.165) is 23.6 Å². The van der Waals surface area contributed by atoms with Gasteiger partial charge < -0.3 is 9.64 Å². The first kappa shape index (κ1) is 19.7. The summed E-state index contributed by atoms with van der Waals surface area (Å²) in [5, 5.41) is 2.10. The lowest BCUT2D eigenvalue weighted by Crippen LogP contribution is -2.47. The summed E-state index contributed by atoms with van der Waals surface area (Å²) in [6.45, 7) is 6.65. The molecule has 144 valence electrons. The van der Waals surface area contributed by atoms with Crippen LogP contribution in [0.15, 0.2) is 42.5 Å². The lowest BCUT2D eigenvalue weighted by atomic mass is 10.0. The van der Waals surface area contributed by atoms with E-state index in [1.165, 1.54) is 0 Å². The molecule has 1 heterocycles. The third-order valence-corrected chi connectivity index (χ3v) is 6.47. The van der Waals surface area contributed by atoms with Crippen LogP contribution in [0, 0.1) is 5.92 Å². The molecule has 4 nitrogen and oxygen atoms in total. The number of fused-ring (bicyclic) bond motifs is 1. The first-order valence-electron chi connectivity index (χ1n) is 9.62. The van der Waals surface area contributed by atoms with Crippen molar-refractivity contribution in [1.29, 1.82) is 0 Å². The van der Waals surface area contributed by atoms with Crippen LogP contribution in [0.2, 0.25) is 0 Å². The van der Waals surface area contributed by atoms with Crippen molar-refractivity contribution in [3.05, 3.63) is 48.0 Å². The molecular weight excluding hydrogens is 358 g/mol. The molecule has 1 aliphatic rings. The second-order valence-electron chi connectivity index (χ2n) is 7.28. The number of benzene rings is 2. The first-order chi connectivity index (χ1) is 13.0. The molecular formula is C22H27NO3S. The van der Waals surface area contributed by atoms with Crippen LogP contribution in [0.25, 0.3) is 10.8 Å². The molecule has 1 fully saturated rings. The molecule has 0 radical (unpaired) electrons. The fourth-order valence-electron chi connectivity index (χ4n) is 3.36. The van der Waals surface area contributed by atoms with Gasteiger partial charge in [0, 0.05) is 11.3 Å². The number of ether oxygens (including phenoxy) is 1. The molecule has 0 spiro atoms. The monoisotopic (exact) mass is 385 g/mol. The largest absolute Gasteiger partial charge is 0.464 e. The zero-order valence-electron chi connectivity index (χ0n) is 16.2. The lowest BCUT2D eigenvalue weighted by molar-refractivity contribution is -0.148. The molecule has 0 aromatic heterocycles. The van der Waals surface area contributed by atoms with Crippen LogP contribution in [0.5, 0.6) is 0 Å². The number of esters is 1. The Morgan fingerprint density at radius 1 is 1.19 bits per heavy atom. The van der Waals surface area contributed by atoms with E-state index in [1.54, 1.807) is 16.7 Å². The molecule has 3 rings (SSSR count). The number of unbranched alkanes of at least 4 members (excludes halogenated alkanes) is 1. The quantitative estimate of drug-likeness (QED) is 0.533. The Bertz CT molecular complexity index is 820. The Balaban J connectivity index is 1.87. The summed E-state index contributed by atoms with van der Waals surface area (Å²) in [5.74, 6) is 0.468. The third-order valence-electron chi connectivity index (χ3n) is 4.85. The fourth-order valence-corrected chi connectivity index (χ4v) is 4.83. The number of carbonyl (C=O) groups is 2.